The van der Waals surface area contributed by atoms with Gasteiger partial charge in [-0.1, -0.05) is 52.0 Å². The fraction of sp³-hybridized carbons (Fsp3) is 0.556. The number of aromatic nitrogens is 1. The monoisotopic (exact) mass is 367 g/mol. The van der Waals surface area contributed by atoms with Crippen molar-refractivity contribution in [3.05, 3.63) is 41.7 Å². The van der Waals surface area contributed by atoms with Gasteiger partial charge in [0.2, 0.25) is 10.4 Å². The molecule has 0 aliphatic rings. The minimum atomic E-state index is -1.80. The van der Waals surface area contributed by atoms with Gasteiger partial charge in [-0.25, -0.2) is 0 Å². The first kappa shape index (κ1) is 19.0. The molecule has 0 fully saturated rings. The van der Waals surface area contributed by atoms with Gasteiger partial charge in [0.15, 0.2) is 11.9 Å². The summed E-state index contributed by atoms with van der Waals surface area (Å²) in [5.74, 6) is -0.476. The van der Waals surface area contributed by atoms with Crippen LogP contribution >= 0.6 is 15.9 Å². The molecule has 3 nitrogen and oxygen atoms in total. The predicted octanol–water partition coefficient (Wildman–Crippen LogP) is 3.65. The average molecular weight is 368 g/mol. The predicted molar refractivity (Wildman–Crippen MR) is 90.1 cm³/mol. The number of unbranched alkanes of at least 4 members (excludes halogenated alkanes) is 6. The van der Waals surface area contributed by atoms with Crippen molar-refractivity contribution in [3.8, 4) is 0 Å². The molecule has 4 heteroatoms. The van der Waals surface area contributed by atoms with Crippen LogP contribution in [0, 0.1) is 0 Å². The van der Waals surface area contributed by atoms with Crippen molar-refractivity contribution in [2.24, 2.45) is 0 Å². The summed E-state index contributed by atoms with van der Waals surface area (Å²) in [5.41, 5.74) is -1.80. The Bertz CT molecular complexity index is 490. The van der Waals surface area contributed by atoms with Gasteiger partial charge < -0.3 is 5.11 Å². The zero-order chi connectivity index (χ0) is 16.4. The summed E-state index contributed by atoms with van der Waals surface area (Å²) in [6.45, 7) is 5.68. The maximum Gasteiger partial charge on any atom is 0.247 e. The molecular formula is C18H26BrNO2. The Morgan fingerprint density at radius 3 is 2.50 bits per heavy atom. The van der Waals surface area contributed by atoms with Gasteiger partial charge in [0.1, 0.15) is 0 Å². The first-order valence-corrected chi connectivity index (χ1v) is 8.89. The van der Waals surface area contributed by atoms with Gasteiger partial charge in [-0.15, -0.1) is 0 Å². The van der Waals surface area contributed by atoms with Crippen LogP contribution in [-0.4, -0.2) is 5.78 Å². The first-order valence-electron chi connectivity index (χ1n) is 8.10. The number of ketones is 1. The van der Waals surface area contributed by atoms with Crippen LogP contribution < -0.4 is 9.67 Å². The highest BCUT2D eigenvalue weighted by Gasteiger charge is 2.35. The number of pyridine rings is 1. The van der Waals surface area contributed by atoms with E-state index < -0.39 is 11.5 Å². The normalized spacial score (nSPS) is 13.6. The maximum absolute atomic E-state index is 13.1. The summed E-state index contributed by atoms with van der Waals surface area (Å²) in [6, 6.07) is 5.36. The van der Waals surface area contributed by atoms with E-state index >= 15 is 0 Å². The van der Waals surface area contributed by atoms with Crippen molar-refractivity contribution < 1.29 is 14.5 Å². The fourth-order valence-corrected chi connectivity index (χ4v) is 3.12. The molecule has 122 valence electrons. The molecule has 0 saturated heterocycles. The quantitative estimate of drug-likeness (QED) is 0.259. The molecule has 0 aliphatic carbocycles. The van der Waals surface area contributed by atoms with E-state index in [9.17, 15) is 9.90 Å². The Balaban J connectivity index is 2.64. The Labute approximate surface area is 142 Å². The van der Waals surface area contributed by atoms with E-state index in [0.717, 1.165) is 25.3 Å². The molecular weight excluding hydrogens is 342 g/mol. The van der Waals surface area contributed by atoms with E-state index in [0.29, 0.717) is 11.0 Å². The van der Waals surface area contributed by atoms with Crippen LogP contribution in [0.2, 0.25) is 0 Å². The Hall–Kier alpha value is -1.00. The maximum atomic E-state index is 13.1. The van der Waals surface area contributed by atoms with Crippen LogP contribution in [0.3, 0.4) is 0 Å². The molecule has 0 aromatic carbocycles. The summed E-state index contributed by atoms with van der Waals surface area (Å²) >= 11 is 3.36. The Kier molecular flexibility index (Phi) is 8.57. The van der Waals surface area contributed by atoms with Crippen LogP contribution in [0.5, 0.6) is 0 Å². The molecule has 1 heterocycles. The van der Waals surface area contributed by atoms with Crippen LogP contribution in [0.25, 0.3) is 0 Å². The van der Waals surface area contributed by atoms with E-state index in [1.54, 1.807) is 18.3 Å². The van der Waals surface area contributed by atoms with Gasteiger partial charge in [0, 0.05) is 34.5 Å². The standard InChI is InChI=1S/C18H26BrNO2/c1-3-5-6-7-8-9-11-14-18(22,16(21)4-2)20-15-12-10-13-17(20)19/h4,10,12-13,15H,2-3,5-9,11,14H2,1H3. The highest BCUT2D eigenvalue weighted by atomic mass is 79.9. The van der Waals surface area contributed by atoms with E-state index in [-0.39, 0.29) is 0 Å². The van der Waals surface area contributed by atoms with E-state index in [1.807, 2.05) is 6.07 Å². The summed E-state index contributed by atoms with van der Waals surface area (Å²) in [5, 5.41) is 13.1. The zero-order valence-corrected chi connectivity index (χ0v) is 15.0. The second-order valence-electron chi connectivity index (χ2n) is 5.62. The third kappa shape index (κ3) is 5.33. The molecule has 1 rings (SSSR count). The number of carbonyl (C=O) groups is 1. The third-order valence-electron chi connectivity index (χ3n) is 3.89. The summed E-state index contributed by atoms with van der Waals surface area (Å²) in [6.07, 6.45) is 10.9. The minimum Gasteiger partial charge on any atom is -0.789 e. The Morgan fingerprint density at radius 2 is 1.91 bits per heavy atom. The smallest absolute Gasteiger partial charge is 0.247 e. The van der Waals surface area contributed by atoms with Crippen LogP contribution in [-0.2, 0) is 10.5 Å². The molecule has 0 saturated carbocycles. The highest BCUT2D eigenvalue weighted by molar-refractivity contribution is 9.10. The van der Waals surface area contributed by atoms with Gasteiger partial charge >= 0.3 is 0 Å². The van der Waals surface area contributed by atoms with Crippen molar-refractivity contribution >= 4 is 21.7 Å². The molecule has 1 atom stereocenters. The van der Waals surface area contributed by atoms with Crippen molar-refractivity contribution in [2.75, 3.05) is 0 Å². The number of halogens is 1. The lowest BCUT2D eigenvalue weighted by atomic mass is 9.98. The minimum absolute atomic E-state index is 0.291. The molecule has 0 bridgehead atoms. The SMILES string of the molecule is C=CC(=O)C([O-])(CCCCCCCCC)[n+]1ccccc1Br. The third-order valence-corrected chi connectivity index (χ3v) is 4.54. The van der Waals surface area contributed by atoms with Crippen molar-refractivity contribution in [3.63, 3.8) is 0 Å². The summed E-state index contributed by atoms with van der Waals surface area (Å²) in [4.78, 5) is 12.1. The van der Waals surface area contributed by atoms with Gasteiger partial charge in [0.25, 0.3) is 0 Å². The topological polar surface area (TPSA) is 44.0 Å². The molecule has 0 N–H and O–H groups in total. The molecule has 1 aromatic rings. The van der Waals surface area contributed by atoms with Gasteiger partial charge in [0.05, 0.1) is 0 Å². The van der Waals surface area contributed by atoms with Crippen molar-refractivity contribution in [2.45, 2.75) is 64.0 Å². The number of nitrogens with zero attached hydrogens (tertiary/aromatic N) is 1. The van der Waals surface area contributed by atoms with Gasteiger partial charge in [-0.05, 0) is 18.6 Å². The van der Waals surface area contributed by atoms with Gasteiger partial charge in [-0.2, -0.15) is 4.57 Å². The number of hydrogen-bond donors (Lipinski definition) is 0. The van der Waals surface area contributed by atoms with Crippen molar-refractivity contribution in [1.29, 1.82) is 0 Å². The highest BCUT2D eigenvalue weighted by Crippen LogP contribution is 2.18. The van der Waals surface area contributed by atoms with Gasteiger partial charge in [-0.3, -0.25) is 4.79 Å². The largest absolute Gasteiger partial charge is 0.789 e. The fourth-order valence-electron chi connectivity index (χ4n) is 2.56. The molecule has 0 spiro atoms. The first-order chi connectivity index (χ1) is 10.6. The van der Waals surface area contributed by atoms with E-state index in [4.69, 9.17) is 0 Å². The van der Waals surface area contributed by atoms with E-state index in [1.165, 1.54) is 30.3 Å². The molecule has 0 amide bonds. The number of carbonyl (C=O) groups excluding carboxylic acids is 1. The van der Waals surface area contributed by atoms with Crippen LogP contribution in [0.15, 0.2) is 41.7 Å². The molecule has 22 heavy (non-hydrogen) atoms. The lowest BCUT2D eigenvalue weighted by Crippen LogP contribution is -2.69. The summed E-state index contributed by atoms with van der Waals surface area (Å²) in [7, 11) is 0. The summed E-state index contributed by atoms with van der Waals surface area (Å²) < 4.78 is 2.08. The second kappa shape index (κ2) is 9.90. The Morgan fingerprint density at radius 1 is 1.27 bits per heavy atom. The lowest BCUT2D eigenvalue weighted by Gasteiger charge is -2.32. The van der Waals surface area contributed by atoms with Crippen molar-refractivity contribution in [1.82, 2.24) is 0 Å². The average Bonchev–Trinajstić information content (AvgIpc) is 2.53. The molecule has 0 aliphatic heterocycles. The lowest BCUT2D eigenvalue weighted by molar-refractivity contribution is -0.888. The number of hydrogen-bond acceptors (Lipinski definition) is 2. The molecule has 0 radical (unpaired) electrons. The molecule has 1 unspecified atom stereocenters. The van der Waals surface area contributed by atoms with E-state index in [2.05, 4.69) is 29.4 Å². The number of rotatable bonds is 11. The zero-order valence-electron chi connectivity index (χ0n) is 13.4. The molecule has 1 aromatic heterocycles. The van der Waals surface area contributed by atoms with Crippen LogP contribution in [0.4, 0.5) is 0 Å². The van der Waals surface area contributed by atoms with Crippen LogP contribution in [0.1, 0.15) is 58.3 Å². The second-order valence-corrected chi connectivity index (χ2v) is 6.43.